The summed E-state index contributed by atoms with van der Waals surface area (Å²) in [5, 5.41) is 13.8. The van der Waals surface area contributed by atoms with Crippen LogP contribution in [0.5, 0.6) is 11.5 Å². The number of ether oxygens (including phenoxy) is 2. The molecule has 3 aromatic heterocycles. The van der Waals surface area contributed by atoms with Crippen molar-refractivity contribution in [3.63, 3.8) is 0 Å². The molecule has 36 heavy (non-hydrogen) atoms. The summed E-state index contributed by atoms with van der Waals surface area (Å²) in [6.45, 7) is 4.08. The quantitative estimate of drug-likeness (QED) is 0.392. The van der Waals surface area contributed by atoms with Crippen LogP contribution in [0.2, 0.25) is 0 Å². The second kappa shape index (κ2) is 9.77. The normalized spacial score (nSPS) is 16.7. The number of pyridine rings is 1. The van der Waals surface area contributed by atoms with Crippen molar-refractivity contribution in [2.45, 2.75) is 64.2 Å². The Balaban J connectivity index is 1.37. The molecule has 0 amide bonds. The Morgan fingerprint density at radius 3 is 2.69 bits per heavy atom. The summed E-state index contributed by atoms with van der Waals surface area (Å²) in [5.74, 6) is 3.01. The summed E-state index contributed by atoms with van der Waals surface area (Å²) in [6.07, 6.45) is 7.03. The predicted octanol–water partition coefficient (Wildman–Crippen LogP) is 4.15. The van der Waals surface area contributed by atoms with Gasteiger partial charge in [-0.25, -0.2) is 4.68 Å². The summed E-state index contributed by atoms with van der Waals surface area (Å²) < 4.78 is 19.1. The molecule has 4 aromatic rings. The number of aromatic amines is 1. The van der Waals surface area contributed by atoms with Gasteiger partial charge in [-0.1, -0.05) is 19.8 Å². The molecule has 1 unspecified atom stereocenters. The van der Waals surface area contributed by atoms with E-state index in [2.05, 4.69) is 32.3 Å². The molecular formula is C26H30N6O4. The SMILES string of the molecule is CCC(c1nnnn1C1CCCC1)N(Cc1ccco1)Cc1cc2cc3c(cc2[nH]c1=O)OCCO3. The molecule has 0 spiro atoms. The third kappa shape index (κ3) is 4.37. The Morgan fingerprint density at radius 1 is 1.14 bits per heavy atom. The molecule has 1 aromatic carbocycles. The molecule has 0 saturated heterocycles. The van der Waals surface area contributed by atoms with Crippen LogP contribution in [0.3, 0.4) is 0 Å². The van der Waals surface area contributed by atoms with E-state index in [9.17, 15) is 4.79 Å². The number of furan rings is 1. The van der Waals surface area contributed by atoms with E-state index in [0.717, 1.165) is 41.8 Å². The van der Waals surface area contributed by atoms with Gasteiger partial charge in [0.2, 0.25) is 0 Å². The molecule has 1 atom stereocenters. The lowest BCUT2D eigenvalue weighted by Crippen LogP contribution is -2.32. The minimum absolute atomic E-state index is 0.0823. The van der Waals surface area contributed by atoms with Gasteiger partial charge in [-0.3, -0.25) is 9.69 Å². The largest absolute Gasteiger partial charge is 0.486 e. The number of nitrogens with one attached hydrogen (secondary N) is 1. The standard InChI is InChI=1S/C26H30N6O4/c1-2-22(25-28-29-30-32(25)19-6-3-4-7-19)31(16-20-8-5-9-34-20)15-18-12-17-13-23-24(36-11-10-35-23)14-21(17)27-26(18)33/h5,8-9,12-14,19,22H,2-4,6-7,10-11,15-16H2,1H3,(H,27,33). The van der Waals surface area contributed by atoms with E-state index in [1.807, 2.05) is 35.0 Å². The molecule has 10 heteroatoms. The molecule has 10 nitrogen and oxygen atoms in total. The third-order valence-electron chi connectivity index (χ3n) is 7.21. The fourth-order valence-corrected chi connectivity index (χ4v) is 5.44. The van der Waals surface area contributed by atoms with Crippen molar-refractivity contribution < 1.29 is 13.9 Å². The minimum Gasteiger partial charge on any atom is -0.486 e. The number of hydrogen-bond donors (Lipinski definition) is 1. The first kappa shape index (κ1) is 22.8. The average Bonchev–Trinajstić information content (AvgIpc) is 3.67. The summed E-state index contributed by atoms with van der Waals surface area (Å²) >= 11 is 0. The van der Waals surface area contributed by atoms with Crippen LogP contribution in [-0.2, 0) is 13.1 Å². The molecule has 4 heterocycles. The maximum atomic E-state index is 13.2. The smallest absolute Gasteiger partial charge is 0.252 e. The summed E-state index contributed by atoms with van der Waals surface area (Å²) in [6, 6.07) is 9.78. The number of nitrogens with zero attached hydrogens (tertiary/aromatic N) is 5. The number of fused-ring (bicyclic) bond motifs is 2. The lowest BCUT2D eigenvalue weighted by atomic mass is 10.1. The first-order valence-corrected chi connectivity index (χ1v) is 12.7. The van der Waals surface area contributed by atoms with Crippen LogP contribution in [0.15, 0.2) is 45.8 Å². The molecule has 1 fully saturated rings. The van der Waals surface area contributed by atoms with E-state index in [1.165, 1.54) is 12.8 Å². The number of rotatable bonds is 8. The van der Waals surface area contributed by atoms with Crippen molar-refractivity contribution in [1.29, 1.82) is 0 Å². The highest BCUT2D eigenvalue weighted by molar-refractivity contribution is 5.83. The topological polar surface area (TPSA) is 111 Å². The average molecular weight is 491 g/mol. The van der Waals surface area contributed by atoms with Crippen LogP contribution in [0.1, 0.15) is 68.3 Å². The Morgan fingerprint density at radius 2 is 1.94 bits per heavy atom. The van der Waals surface area contributed by atoms with Crippen molar-refractivity contribution in [3.8, 4) is 11.5 Å². The molecule has 1 saturated carbocycles. The van der Waals surface area contributed by atoms with Crippen molar-refractivity contribution in [2.75, 3.05) is 13.2 Å². The summed E-state index contributed by atoms with van der Waals surface area (Å²) in [7, 11) is 0. The molecule has 1 N–H and O–H groups in total. The van der Waals surface area contributed by atoms with Crippen LogP contribution < -0.4 is 15.0 Å². The number of hydrogen-bond acceptors (Lipinski definition) is 8. The van der Waals surface area contributed by atoms with E-state index in [0.29, 0.717) is 49.4 Å². The van der Waals surface area contributed by atoms with E-state index in [4.69, 9.17) is 13.9 Å². The highest BCUT2D eigenvalue weighted by Gasteiger charge is 2.30. The van der Waals surface area contributed by atoms with Gasteiger partial charge >= 0.3 is 0 Å². The second-order valence-electron chi connectivity index (χ2n) is 9.54. The number of tetrazole rings is 1. The lowest BCUT2D eigenvalue weighted by Gasteiger charge is -2.30. The van der Waals surface area contributed by atoms with Gasteiger partial charge in [0.25, 0.3) is 5.56 Å². The van der Waals surface area contributed by atoms with E-state index in [-0.39, 0.29) is 11.6 Å². The minimum atomic E-state index is -0.131. The lowest BCUT2D eigenvalue weighted by molar-refractivity contribution is 0.146. The zero-order valence-corrected chi connectivity index (χ0v) is 20.4. The fourth-order valence-electron chi connectivity index (χ4n) is 5.44. The highest BCUT2D eigenvalue weighted by Crippen LogP contribution is 2.35. The molecule has 188 valence electrons. The second-order valence-corrected chi connectivity index (χ2v) is 9.54. The molecule has 6 rings (SSSR count). The molecule has 0 bridgehead atoms. The Bertz CT molecular complexity index is 1390. The molecule has 1 aliphatic carbocycles. The van der Waals surface area contributed by atoms with Crippen LogP contribution in [-0.4, -0.2) is 43.3 Å². The van der Waals surface area contributed by atoms with Crippen LogP contribution in [0.4, 0.5) is 0 Å². The van der Waals surface area contributed by atoms with E-state index >= 15 is 0 Å². The van der Waals surface area contributed by atoms with Crippen molar-refractivity contribution in [2.24, 2.45) is 0 Å². The molecular weight excluding hydrogens is 460 g/mol. The molecule has 2 aliphatic rings. The van der Waals surface area contributed by atoms with Gasteiger partial charge in [0, 0.05) is 23.6 Å². The Kier molecular flexibility index (Phi) is 6.18. The number of H-pyrrole nitrogens is 1. The van der Waals surface area contributed by atoms with Gasteiger partial charge < -0.3 is 18.9 Å². The van der Waals surface area contributed by atoms with Gasteiger partial charge in [-0.05, 0) is 54.0 Å². The van der Waals surface area contributed by atoms with Gasteiger partial charge in [0.1, 0.15) is 19.0 Å². The van der Waals surface area contributed by atoms with Crippen LogP contribution in [0, 0.1) is 0 Å². The van der Waals surface area contributed by atoms with E-state index in [1.54, 1.807) is 6.26 Å². The number of benzene rings is 1. The third-order valence-corrected chi connectivity index (χ3v) is 7.21. The molecule has 0 radical (unpaired) electrons. The Labute approximate surface area is 208 Å². The van der Waals surface area contributed by atoms with Gasteiger partial charge in [-0.2, -0.15) is 0 Å². The first-order valence-electron chi connectivity index (χ1n) is 12.7. The summed E-state index contributed by atoms with van der Waals surface area (Å²) in [5.41, 5.74) is 1.25. The first-order chi connectivity index (χ1) is 17.7. The maximum absolute atomic E-state index is 13.2. The monoisotopic (exact) mass is 490 g/mol. The highest BCUT2D eigenvalue weighted by atomic mass is 16.6. The van der Waals surface area contributed by atoms with Crippen molar-refractivity contribution >= 4 is 10.9 Å². The van der Waals surface area contributed by atoms with Crippen LogP contribution >= 0.6 is 0 Å². The zero-order chi connectivity index (χ0) is 24.5. The zero-order valence-electron chi connectivity index (χ0n) is 20.4. The van der Waals surface area contributed by atoms with E-state index < -0.39 is 0 Å². The van der Waals surface area contributed by atoms with Crippen molar-refractivity contribution in [1.82, 2.24) is 30.1 Å². The number of aromatic nitrogens is 5. The molecule has 1 aliphatic heterocycles. The van der Waals surface area contributed by atoms with Gasteiger partial charge in [0.05, 0.1) is 30.4 Å². The predicted molar refractivity (Wildman–Crippen MR) is 132 cm³/mol. The van der Waals surface area contributed by atoms with Gasteiger partial charge in [-0.15, -0.1) is 5.10 Å². The Hall–Kier alpha value is -3.66. The van der Waals surface area contributed by atoms with Gasteiger partial charge in [0.15, 0.2) is 17.3 Å². The fraction of sp³-hybridized carbons (Fsp3) is 0.462. The van der Waals surface area contributed by atoms with Crippen LogP contribution in [0.25, 0.3) is 10.9 Å². The maximum Gasteiger partial charge on any atom is 0.252 e. The van der Waals surface area contributed by atoms with Crippen molar-refractivity contribution in [3.05, 3.63) is 64.1 Å². The summed E-state index contributed by atoms with van der Waals surface area (Å²) in [4.78, 5) is 18.4.